The van der Waals surface area contributed by atoms with Crippen LogP contribution in [0.5, 0.6) is 0 Å². The molecular weight excluding hydrogens is 408 g/mol. The van der Waals surface area contributed by atoms with Gasteiger partial charge in [-0.2, -0.15) is 0 Å². The third-order valence-electron chi connectivity index (χ3n) is 8.24. The molecule has 0 bridgehead atoms. The molecule has 34 heavy (non-hydrogen) atoms. The summed E-state index contributed by atoms with van der Waals surface area (Å²) in [4.78, 5) is 0. The maximum absolute atomic E-state index is 2.50. The molecule has 0 aliphatic heterocycles. The zero-order valence-corrected chi connectivity index (χ0v) is 25.0. The third-order valence-corrected chi connectivity index (χ3v) is 8.24. The first-order chi connectivity index (χ1) is 16.7. The van der Waals surface area contributed by atoms with E-state index >= 15 is 0 Å². The summed E-state index contributed by atoms with van der Waals surface area (Å²) in [7, 11) is 0. The molecule has 0 aliphatic rings. The van der Waals surface area contributed by atoms with Gasteiger partial charge in [0.25, 0.3) is 0 Å². The standard InChI is InChI=1S/C34H70/c1-5-7-9-11-13-15-16-17-19-22-26-30-34(4)32-28-24-20-23-27-31-33(3)29-25-21-18-14-12-10-8-6-2/h33-34H,5-32H2,1-4H3. The van der Waals surface area contributed by atoms with Crippen molar-refractivity contribution in [3.05, 3.63) is 0 Å². The fraction of sp³-hybridized carbons (Fsp3) is 1.00. The molecule has 0 rings (SSSR count). The van der Waals surface area contributed by atoms with Crippen molar-refractivity contribution in [1.29, 1.82) is 0 Å². The first kappa shape index (κ1) is 34.0. The predicted molar refractivity (Wildman–Crippen MR) is 159 cm³/mol. The lowest BCUT2D eigenvalue weighted by Gasteiger charge is -2.12. The summed E-state index contributed by atoms with van der Waals surface area (Å²) in [6.45, 7) is 9.62. The molecule has 0 aromatic rings. The summed E-state index contributed by atoms with van der Waals surface area (Å²) in [5.74, 6) is 1.93. The van der Waals surface area contributed by atoms with Crippen LogP contribution in [0.2, 0.25) is 0 Å². The van der Waals surface area contributed by atoms with Crippen molar-refractivity contribution in [3.63, 3.8) is 0 Å². The van der Waals surface area contributed by atoms with Crippen LogP contribution < -0.4 is 0 Å². The fourth-order valence-electron chi connectivity index (χ4n) is 5.59. The molecular formula is C34H70. The Labute approximate surface area is 219 Å². The Morgan fingerprint density at radius 2 is 0.441 bits per heavy atom. The van der Waals surface area contributed by atoms with Crippen LogP contribution in [0.1, 0.15) is 207 Å². The van der Waals surface area contributed by atoms with E-state index in [1.54, 1.807) is 0 Å². The lowest BCUT2D eigenvalue weighted by molar-refractivity contribution is 0.416. The van der Waals surface area contributed by atoms with Gasteiger partial charge in [0.05, 0.1) is 0 Å². The molecule has 0 aromatic heterocycles. The normalized spacial score (nSPS) is 13.4. The van der Waals surface area contributed by atoms with Crippen molar-refractivity contribution in [2.24, 2.45) is 11.8 Å². The van der Waals surface area contributed by atoms with E-state index in [9.17, 15) is 0 Å². The molecule has 206 valence electrons. The molecule has 0 aromatic carbocycles. The average molecular weight is 479 g/mol. The van der Waals surface area contributed by atoms with Crippen molar-refractivity contribution >= 4 is 0 Å². The van der Waals surface area contributed by atoms with E-state index in [1.807, 2.05) is 0 Å². The summed E-state index contributed by atoms with van der Waals surface area (Å²) in [6, 6.07) is 0. The third kappa shape index (κ3) is 28.2. The van der Waals surface area contributed by atoms with Gasteiger partial charge >= 0.3 is 0 Å². The molecule has 2 atom stereocenters. The van der Waals surface area contributed by atoms with Gasteiger partial charge in [-0.05, 0) is 11.8 Å². The van der Waals surface area contributed by atoms with Gasteiger partial charge < -0.3 is 0 Å². The van der Waals surface area contributed by atoms with Gasteiger partial charge in [-0.15, -0.1) is 0 Å². The topological polar surface area (TPSA) is 0 Å². The first-order valence-electron chi connectivity index (χ1n) is 16.7. The minimum Gasteiger partial charge on any atom is -0.0654 e. The van der Waals surface area contributed by atoms with Gasteiger partial charge in [0.2, 0.25) is 0 Å². The molecule has 0 spiro atoms. The summed E-state index contributed by atoms with van der Waals surface area (Å²) >= 11 is 0. The number of hydrogen-bond acceptors (Lipinski definition) is 0. The van der Waals surface area contributed by atoms with E-state index in [2.05, 4.69) is 27.7 Å². The van der Waals surface area contributed by atoms with Crippen LogP contribution in [-0.2, 0) is 0 Å². The highest BCUT2D eigenvalue weighted by Gasteiger charge is 2.04. The van der Waals surface area contributed by atoms with Crippen molar-refractivity contribution in [1.82, 2.24) is 0 Å². The molecule has 0 nitrogen and oxygen atoms in total. The molecule has 0 aliphatic carbocycles. The highest BCUT2D eigenvalue weighted by atomic mass is 14.1. The zero-order valence-electron chi connectivity index (χ0n) is 25.0. The van der Waals surface area contributed by atoms with Crippen LogP contribution in [-0.4, -0.2) is 0 Å². The Morgan fingerprint density at radius 1 is 0.265 bits per heavy atom. The molecule has 2 unspecified atom stereocenters. The lowest BCUT2D eigenvalue weighted by atomic mass is 9.94. The smallest absolute Gasteiger partial charge is 0.0443 e. The second kappa shape index (κ2) is 29.2. The summed E-state index contributed by atoms with van der Waals surface area (Å²) < 4.78 is 0. The van der Waals surface area contributed by atoms with Gasteiger partial charge in [0.15, 0.2) is 0 Å². The number of hydrogen-bond donors (Lipinski definition) is 0. The number of unbranched alkanes of at least 4 members (excludes halogenated alkanes) is 21. The highest BCUT2D eigenvalue weighted by molar-refractivity contribution is 4.58. The quantitative estimate of drug-likeness (QED) is 0.0937. The second-order valence-electron chi connectivity index (χ2n) is 12.1. The Bertz CT molecular complexity index is 346. The van der Waals surface area contributed by atoms with Crippen molar-refractivity contribution in [2.45, 2.75) is 207 Å². The Hall–Kier alpha value is 0. The SMILES string of the molecule is CCCCCCCCCCCCCC(C)CCCCCCCC(C)CCCCCCCCCC. The Kier molecular flexibility index (Phi) is 29.2. The summed E-state index contributed by atoms with van der Waals surface area (Å²) in [5.41, 5.74) is 0. The van der Waals surface area contributed by atoms with Gasteiger partial charge in [0.1, 0.15) is 0 Å². The highest BCUT2D eigenvalue weighted by Crippen LogP contribution is 2.21. The van der Waals surface area contributed by atoms with Gasteiger partial charge in [-0.25, -0.2) is 0 Å². The van der Waals surface area contributed by atoms with Crippen LogP contribution in [0, 0.1) is 11.8 Å². The molecule has 0 saturated heterocycles. The zero-order chi connectivity index (χ0) is 25.0. The van der Waals surface area contributed by atoms with Crippen LogP contribution in [0.4, 0.5) is 0 Å². The lowest BCUT2D eigenvalue weighted by Crippen LogP contribution is -1.96. The Morgan fingerprint density at radius 3 is 0.647 bits per heavy atom. The molecule has 0 heteroatoms. The number of rotatable bonds is 29. The fourth-order valence-corrected chi connectivity index (χ4v) is 5.59. The van der Waals surface area contributed by atoms with Crippen LogP contribution >= 0.6 is 0 Å². The molecule has 0 amide bonds. The second-order valence-corrected chi connectivity index (χ2v) is 12.1. The minimum absolute atomic E-state index is 0.963. The van der Waals surface area contributed by atoms with Crippen LogP contribution in [0.3, 0.4) is 0 Å². The first-order valence-corrected chi connectivity index (χ1v) is 16.7. The predicted octanol–water partition coefficient (Wildman–Crippen LogP) is 13.2. The van der Waals surface area contributed by atoms with E-state index in [0.717, 1.165) is 11.8 Å². The maximum atomic E-state index is 2.50. The average Bonchev–Trinajstić information content (AvgIpc) is 2.83. The molecule has 0 fully saturated rings. The van der Waals surface area contributed by atoms with Crippen molar-refractivity contribution in [2.75, 3.05) is 0 Å². The minimum atomic E-state index is 0.963. The molecule has 0 radical (unpaired) electrons. The van der Waals surface area contributed by atoms with E-state index in [-0.39, 0.29) is 0 Å². The van der Waals surface area contributed by atoms with Gasteiger partial charge in [-0.3, -0.25) is 0 Å². The monoisotopic (exact) mass is 479 g/mol. The molecule has 0 saturated carbocycles. The summed E-state index contributed by atoms with van der Waals surface area (Å²) in [5, 5.41) is 0. The maximum Gasteiger partial charge on any atom is -0.0443 e. The van der Waals surface area contributed by atoms with Crippen molar-refractivity contribution in [3.8, 4) is 0 Å². The van der Waals surface area contributed by atoms with E-state index < -0.39 is 0 Å². The van der Waals surface area contributed by atoms with Gasteiger partial charge in [0, 0.05) is 0 Å². The largest absolute Gasteiger partial charge is 0.0654 e. The van der Waals surface area contributed by atoms with E-state index in [0.29, 0.717) is 0 Å². The van der Waals surface area contributed by atoms with Gasteiger partial charge in [-0.1, -0.05) is 207 Å². The Balaban J connectivity index is 3.24. The molecule has 0 heterocycles. The van der Waals surface area contributed by atoms with E-state index in [1.165, 1.54) is 180 Å². The summed E-state index contributed by atoms with van der Waals surface area (Å²) in [6.07, 6.45) is 41.1. The van der Waals surface area contributed by atoms with E-state index in [4.69, 9.17) is 0 Å². The molecule has 0 N–H and O–H groups in total. The van der Waals surface area contributed by atoms with Crippen LogP contribution in [0.15, 0.2) is 0 Å². The van der Waals surface area contributed by atoms with Crippen molar-refractivity contribution < 1.29 is 0 Å². The van der Waals surface area contributed by atoms with Crippen LogP contribution in [0.25, 0.3) is 0 Å².